The first-order valence-corrected chi connectivity index (χ1v) is 39.6. The third-order valence-corrected chi connectivity index (χ3v) is 21.7. The van der Waals surface area contributed by atoms with E-state index in [1.807, 2.05) is 54.9 Å². The van der Waals surface area contributed by atoms with Gasteiger partial charge in [-0.3, -0.25) is 19.1 Å². The van der Waals surface area contributed by atoms with Gasteiger partial charge < -0.3 is 20.0 Å². The zero-order chi connectivity index (χ0) is 80.6. The van der Waals surface area contributed by atoms with Crippen molar-refractivity contribution in [3.8, 4) is 67.6 Å². The smallest absolute Gasteiger partial charge is 0.143 e. The Morgan fingerprint density at radius 2 is 0.767 bits per heavy atom. The molecule has 0 saturated heterocycles. The van der Waals surface area contributed by atoms with Gasteiger partial charge in [0, 0.05) is 93.0 Å². The van der Waals surface area contributed by atoms with Crippen LogP contribution in [0.25, 0.3) is 100 Å². The predicted molar refractivity (Wildman–Crippen MR) is 477 cm³/mol. The molecule has 10 nitrogen and oxygen atoms in total. The van der Waals surface area contributed by atoms with E-state index in [1.54, 1.807) is 6.07 Å². The topological polar surface area (TPSA) is 108 Å². The zero-order valence-corrected chi connectivity index (χ0v) is 74.2. The molecule has 0 amide bonds. The summed E-state index contributed by atoms with van der Waals surface area (Å²) >= 11 is 0. The summed E-state index contributed by atoms with van der Waals surface area (Å²) in [5.74, 6) is 2.07. The van der Waals surface area contributed by atoms with E-state index in [4.69, 9.17) is 19.9 Å². The molecule has 6 heterocycles. The Kier molecular flexibility index (Phi) is 23.0. The number of aromatic hydroxyl groups is 2. The van der Waals surface area contributed by atoms with Gasteiger partial charge >= 0.3 is 0 Å². The molecule has 0 saturated carbocycles. The van der Waals surface area contributed by atoms with Gasteiger partial charge in [-0.15, -0.1) is 58.7 Å². The van der Waals surface area contributed by atoms with Crippen molar-refractivity contribution in [3.63, 3.8) is 0 Å². The Labute approximate surface area is 713 Å². The number of rotatable bonds is 12. The van der Waals surface area contributed by atoms with Gasteiger partial charge in [-0.25, -0.2) is 9.97 Å². The van der Waals surface area contributed by atoms with Gasteiger partial charge in [0.1, 0.15) is 34.4 Å². The number of hydrogen-bond acceptors (Lipinski definition) is 8. The monoisotopic (exact) mass is 1880 g/mol. The number of nitrogens with zero attached hydrogens (tertiary/aromatic N) is 8. The Morgan fingerprint density at radius 3 is 1.28 bits per heavy atom. The van der Waals surface area contributed by atoms with E-state index in [2.05, 4.69) is 374 Å². The molecular weight excluding hydrogens is 1780 g/mol. The van der Waals surface area contributed by atoms with Crippen LogP contribution in [0.2, 0.25) is 0 Å². The third kappa shape index (κ3) is 16.7. The van der Waals surface area contributed by atoms with Gasteiger partial charge in [0.25, 0.3) is 0 Å². The van der Waals surface area contributed by atoms with Crippen molar-refractivity contribution in [1.29, 1.82) is 0 Å². The average molecular weight is 1890 g/mol. The molecule has 592 valence electrons. The van der Waals surface area contributed by atoms with E-state index in [0.29, 0.717) is 5.69 Å². The largest absolute Gasteiger partial charge is 0.506 e. The van der Waals surface area contributed by atoms with Crippen molar-refractivity contribution >= 4 is 78.3 Å². The molecule has 116 heavy (non-hydrogen) atoms. The van der Waals surface area contributed by atoms with Crippen molar-refractivity contribution in [2.75, 3.05) is 9.80 Å². The van der Waals surface area contributed by atoms with Gasteiger partial charge in [0.2, 0.25) is 0 Å². The van der Waals surface area contributed by atoms with Crippen LogP contribution in [0.4, 0.5) is 34.4 Å². The number of benzene rings is 10. The molecule has 0 radical (unpaired) electrons. The molecule has 16 rings (SSSR count). The Hall–Kier alpha value is -11.0. The first-order chi connectivity index (χ1) is 54.1. The Balaban J connectivity index is 0.000000198. The molecule has 16 aromatic rings. The Morgan fingerprint density at radius 1 is 0.319 bits per heavy atom. The van der Waals surface area contributed by atoms with Crippen LogP contribution < -0.4 is 9.80 Å². The van der Waals surface area contributed by atoms with Crippen LogP contribution in [0, 0.1) is 12.1 Å². The second-order valence-corrected chi connectivity index (χ2v) is 36.3. The summed E-state index contributed by atoms with van der Waals surface area (Å²) in [5.41, 5.74) is 22.2. The van der Waals surface area contributed by atoms with E-state index in [-0.39, 0.29) is 86.1 Å². The summed E-state index contributed by atoms with van der Waals surface area (Å²) in [5, 5.41) is 27.7. The fourth-order valence-corrected chi connectivity index (χ4v) is 15.2. The van der Waals surface area contributed by atoms with Crippen LogP contribution in [0.5, 0.6) is 11.5 Å². The minimum absolute atomic E-state index is 0. The predicted octanol–water partition coefficient (Wildman–Crippen LogP) is 27.5. The van der Waals surface area contributed by atoms with E-state index in [0.717, 1.165) is 157 Å². The number of phenols is 2. The quantitative estimate of drug-likeness (QED) is 0.117. The minimum Gasteiger partial charge on any atom is -0.506 e. The minimum atomic E-state index is -0.281. The maximum Gasteiger partial charge on any atom is 0.143 e. The molecule has 0 spiro atoms. The second kappa shape index (κ2) is 32.2. The first-order valence-electron chi connectivity index (χ1n) is 39.6. The summed E-state index contributed by atoms with van der Waals surface area (Å²) < 4.78 is 4.27. The number of pyridine rings is 4. The molecule has 0 aliphatic carbocycles. The molecule has 0 bridgehead atoms. The molecule has 2 N–H and O–H groups in total. The van der Waals surface area contributed by atoms with Gasteiger partial charge in [-0.05, 0) is 174 Å². The van der Waals surface area contributed by atoms with E-state index < -0.39 is 0 Å². The fraction of sp³-hybridized carbons (Fsp3) is 0.231. The van der Waals surface area contributed by atoms with Crippen LogP contribution in [-0.4, -0.2) is 39.3 Å². The maximum absolute atomic E-state index is 12.2. The number of fused-ring (bicyclic) bond motifs is 6. The van der Waals surface area contributed by atoms with Crippen molar-refractivity contribution < 1.29 is 52.3 Å². The van der Waals surface area contributed by atoms with E-state index in [1.165, 1.54) is 5.56 Å². The van der Waals surface area contributed by atoms with Gasteiger partial charge in [-0.2, -0.15) is 0 Å². The molecule has 10 aromatic carbocycles. The molecular formula is C104H102N8O2Pt2-2. The summed E-state index contributed by atoms with van der Waals surface area (Å²) in [6.45, 7) is 40.1. The number of para-hydroxylation sites is 5. The van der Waals surface area contributed by atoms with Crippen molar-refractivity contribution in [2.45, 2.75) is 157 Å². The third-order valence-electron chi connectivity index (χ3n) is 21.7. The van der Waals surface area contributed by atoms with Crippen molar-refractivity contribution in [1.82, 2.24) is 29.1 Å². The van der Waals surface area contributed by atoms with Crippen molar-refractivity contribution in [2.24, 2.45) is 0 Å². The molecule has 0 aliphatic rings. The number of phenolic OH excluding ortho intramolecular Hbond substituents is 2. The van der Waals surface area contributed by atoms with Crippen LogP contribution in [-0.2, 0) is 74.6 Å². The van der Waals surface area contributed by atoms with Crippen LogP contribution in [0.15, 0.2) is 279 Å². The van der Waals surface area contributed by atoms with Crippen molar-refractivity contribution in [3.05, 3.63) is 325 Å². The molecule has 0 aliphatic heterocycles. The van der Waals surface area contributed by atoms with Gasteiger partial charge in [0.05, 0.1) is 22.4 Å². The van der Waals surface area contributed by atoms with Crippen LogP contribution in [0.3, 0.4) is 0 Å². The van der Waals surface area contributed by atoms with Gasteiger partial charge in [0.15, 0.2) is 0 Å². The molecule has 6 aromatic heterocycles. The van der Waals surface area contributed by atoms with E-state index >= 15 is 0 Å². The Bertz CT molecular complexity index is 6270. The van der Waals surface area contributed by atoms with Crippen LogP contribution >= 0.6 is 0 Å². The first kappa shape index (κ1) is 82.9. The number of anilines is 6. The number of aromatic nitrogens is 6. The summed E-state index contributed by atoms with van der Waals surface area (Å²) in [6, 6.07) is 100. The summed E-state index contributed by atoms with van der Waals surface area (Å²) in [6.07, 6.45) is 3.77. The number of hydrogen-bond donors (Lipinski definition) is 2. The SMILES string of the molecule is CC(C)(C)c1cc(-c2ccc3c4ccccc4n(-c4cc(C(C)(C)C)cc(C(C)(C)C)c4O)c3n2)[c-]c(N(c2ccccc2)c2cc(-c3ccccc3)ccn2)c1.CC(C)(C)c1cc(-c2nc3c(cc2C(C)(C)C)c2cc(C(C)(C)C)ccc2n3-c2ccccc2O)[c-]c(N(c2ccccc2)c2cc(-c3ccccc3)ccn2)c1.[Pt].[Pt]. The van der Waals surface area contributed by atoms with Crippen LogP contribution in [0.1, 0.15) is 158 Å². The van der Waals surface area contributed by atoms with Gasteiger partial charge in [-0.1, -0.05) is 288 Å². The second-order valence-electron chi connectivity index (χ2n) is 36.3. The molecule has 12 heteroatoms. The molecule has 0 atom stereocenters. The normalized spacial score (nSPS) is 12.2. The molecule has 0 unspecified atom stereocenters. The summed E-state index contributed by atoms with van der Waals surface area (Å²) in [4.78, 5) is 25.5. The standard InChI is InChI=1S/2C52H51N4O.2Pt/c1-50(2,3)37-28-36(29-40(31-37)55(39-20-14-11-15-21-39)47-30-35(26-27-53-47)34-18-12-10-13-19-34)44-25-24-42-41-22-16-17-23-45(41)56(49(42)54-44)46-33-38(51(4,5)6)32-43(48(46)57)52(7,8)9;1-50(2,3)37-24-25-44-41(32-37)42-33-43(52(7,8)9)48(54-49(42)56(44)45-22-16-17-23-46(45)57)36-28-38(51(4,5)6)31-40(29-36)55(39-20-14-11-15-21-39)47-30-35(26-27-53-47)34-18-12-10-13-19-34;;/h2*10-28,30-33,57H,1-9H3;;/q2*-1;;. The zero-order valence-electron chi connectivity index (χ0n) is 69.7. The van der Waals surface area contributed by atoms with E-state index in [9.17, 15) is 10.2 Å². The fourth-order valence-electron chi connectivity index (χ4n) is 15.2. The maximum atomic E-state index is 12.2. The summed E-state index contributed by atoms with van der Waals surface area (Å²) in [7, 11) is 0. The molecule has 0 fully saturated rings. The average Bonchev–Trinajstić information content (AvgIpc) is 1.60.